The highest BCUT2D eigenvalue weighted by Gasteiger charge is 2.23. The first kappa shape index (κ1) is 19.6. The molecule has 0 spiro atoms. The minimum Gasteiger partial charge on any atom is -0.486 e. The van der Waals surface area contributed by atoms with Crippen LogP contribution in [0, 0.1) is 0 Å². The van der Waals surface area contributed by atoms with E-state index >= 15 is 0 Å². The molecular weight excluding hydrogens is 362 g/mol. The van der Waals surface area contributed by atoms with E-state index in [1.165, 1.54) is 11.8 Å². The van der Waals surface area contributed by atoms with Gasteiger partial charge in [-0.2, -0.15) is 0 Å². The predicted octanol–water partition coefficient (Wildman–Crippen LogP) is 3.69. The first-order chi connectivity index (χ1) is 13.1. The van der Waals surface area contributed by atoms with Crippen molar-refractivity contribution in [2.75, 3.05) is 26.3 Å². The molecule has 0 saturated heterocycles. The number of carbonyl (C=O) groups excluding carboxylic acids is 1. The summed E-state index contributed by atoms with van der Waals surface area (Å²) in [6, 6.07) is 5.96. The summed E-state index contributed by atoms with van der Waals surface area (Å²) in [5, 5.41) is 0.682. The second-order valence-electron chi connectivity index (χ2n) is 6.30. The molecule has 1 aliphatic rings. The van der Waals surface area contributed by atoms with E-state index in [2.05, 4.69) is 16.5 Å². The number of hydrogen-bond acceptors (Lipinski definition) is 5. The number of fused-ring (bicyclic) bond motifs is 1. The molecule has 1 aromatic heterocycles. The van der Waals surface area contributed by atoms with Crippen molar-refractivity contribution < 1.29 is 14.3 Å². The first-order valence-corrected chi connectivity index (χ1v) is 10.4. The Bertz CT molecular complexity index is 802. The molecular formula is C20H27N3O3S. The summed E-state index contributed by atoms with van der Waals surface area (Å²) in [6.45, 7) is 11.4. The minimum absolute atomic E-state index is 0.150. The lowest BCUT2D eigenvalue weighted by Gasteiger charge is -2.22. The van der Waals surface area contributed by atoms with Gasteiger partial charge in [-0.25, -0.2) is 4.98 Å². The van der Waals surface area contributed by atoms with E-state index in [1.807, 2.05) is 50.1 Å². The number of rotatable bonds is 7. The van der Waals surface area contributed by atoms with Crippen LogP contribution in [0.2, 0.25) is 0 Å². The summed E-state index contributed by atoms with van der Waals surface area (Å²) in [7, 11) is 0. The molecule has 146 valence electrons. The molecule has 1 atom stereocenters. The van der Waals surface area contributed by atoms with Gasteiger partial charge in [-0.1, -0.05) is 11.8 Å². The van der Waals surface area contributed by atoms with Crippen molar-refractivity contribution in [1.29, 1.82) is 0 Å². The maximum Gasteiger partial charge on any atom is 0.235 e. The Morgan fingerprint density at radius 1 is 1.22 bits per heavy atom. The van der Waals surface area contributed by atoms with Gasteiger partial charge in [-0.15, -0.1) is 0 Å². The van der Waals surface area contributed by atoms with Crippen LogP contribution >= 0.6 is 11.8 Å². The molecule has 6 nitrogen and oxygen atoms in total. The molecule has 0 radical (unpaired) electrons. The number of aromatic nitrogens is 2. The van der Waals surface area contributed by atoms with Crippen LogP contribution in [0.1, 0.15) is 27.7 Å². The molecule has 2 aromatic rings. The zero-order valence-electron chi connectivity index (χ0n) is 16.4. The number of thioether (sulfide) groups is 1. The normalized spacial score (nSPS) is 14.1. The average Bonchev–Trinajstić information content (AvgIpc) is 3.10. The van der Waals surface area contributed by atoms with Crippen molar-refractivity contribution >= 4 is 17.7 Å². The summed E-state index contributed by atoms with van der Waals surface area (Å²) < 4.78 is 13.4. The van der Waals surface area contributed by atoms with Crippen molar-refractivity contribution in [2.45, 2.75) is 44.6 Å². The molecule has 27 heavy (non-hydrogen) atoms. The fourth-order valence-electron chi connectivity index (χ4n) is 3.19. The number of amides is 1. The molecule has 1 unspecified atom stereocenters. The van der Waals surface area contributed by atoms with Crippen molar-refractivity contribution in [3.63, 3.8) is 0 Å². The third kappa shape index (κ3) is 4.08. The lowest BCUT2D eigenvalue weighted by Crippen LogP contribution is -2.36. The zero-order valence-corrected chi connectivity index (χ0v) is 17.2. The summed E-state index contributed by atoms with van der Waals surface area (Å²) >= 11 is 1.51. The first-order valence-electron chi connectivity index (χ1n) is 9.49. The lowest BCUT2D eigenvalue weighted by molar-refractivity contribution is -0.129. The quantitative estimate of drug-likeness (QED) is 0.676. The fourth-order valence-corrected chi connectivity index (χ4v) is 4.23. The predicted molar refractivity (Wildman–Crippen MR) is 108 cm³/mol. The lowest BCUT2D eigenvalue weighted by atomic mass is 10.1. The second-order valence-corrected chi connectivity index (χ2v) is 7.61. The fraction of sp³-hybridized carbons (Fsp3) is 0.500. The van der Waals surface area contributed by atoms with Crippen molar-refractivity contribution in [1.82, 2.24) is 14.5 Å². The summed E-state index contributed by atoms with van der Waals surface area (Å²) in [5.74, 6) is 1.69. The number of benzene rings is 1. The van der Waals surface area contributed by atoms with E-state index in [4.69, 9.17) is 9.47 Å². The van der Waals surface area contributed by atoms with Gasteiger partial charge in [-0.05, 0) is 45.9 Å². The van der Waals surface area contributed by atoms with E-state index in [1.54, 1.807) is 0 Å². The Morgan fingerprint density at radius 2 is 1.93 bits per heavy atom. The van der Waals surface area contributed by atoms with Crippen LogP contribution in [-0.4, -0.2) is 51.9 Å². The SMILES string of the molecule is CCN(CC)C(=O)C(C)Sc1ncc(-c2ccc3c(c2)OCCO3)n1CC. The number of imidazole rings is 1. The average molecular weight is 390 g/mol. The molecule has 0 bridgehead atoms. The van der Waals surface area contributed by atoms with Gasteiger partial charge >= 0.3 is 0 Å². The Hall–Kier alpha value is -2.15. The molecule has 0 aliphatic carbocycles. The van der Waals surface area contributed by atoms with E-state index in [0.717, 1.165) is 47.5 Å². The smallest absolute Gasteiger partial charge is 0.235 e. The van der Waals surface area contributed by atoms with Crippen LogP contribution < -0.4 is 9.47 Å². The third-order valence-electron chi connectivity index (χ3n) is 4.68. The van der Waals surface area contributed by atoms with Gasteiger partial charge in [0.2, 0.25) is 5.91 Å². The van der Waals surface area contributed by atoms with Gasteiger partial charge in [0.05, 0.1) is 17.1 Å². The van der Waals surface area contributed by atoms with Gasteiger partial charge in [0, 0.05) is 25.2 Å². The number of ether oxygens (including phenoxy) is 2. The molecule has 1 aromatic carbocycles. The highest BCUT2D eigenvalue weighted by Crippen LogP contribution is 2.36. The van der Waals surface area contributed by atoms with E-state index in [9.17, 15) is 4.79 Å². The molecule has 0 N–H and O–H groups in total. The third-order valence-corrected chi connectivity index (χ3v) is 5.77. The highest BCUT2D eigenvalue weighted by molar-refractivity contribution is 8.00. The van der Waals surface area contributed by atoms with Crippen molar-refractivity contribution in [3.05, 3.63) is 24.4 Å². The molecule has 3 rings (SSSR count). The van der Waals surface area contributed by atoms with Crippen molar-refractivity contribution in [2.24, 2.45) is 0 Å². The topological polar surface area (TPSA) is 56.6 Å². The van der Waals surface area contributed by atoms with Gasteiger partial charge < -0.3 is 18.9 Å². The Labute approximate surface area is 164 Å². The van der Waals surface area contributed by atoms with Crippen LogP contribution in [0.5, 0.6) is 11.5 Å². The molecule has 1 amide bonds. The van der Waals surface area contributed by atoms with Gasteiger partial charge in [-0.3, -0.25) is 4.79 Å². The Balaban J connectivity index is 1.84. The summed E-state index contributed by atoms with van der Waals surface area (Å²) in [5.41, 5.74) is 2.04. The van der Waals surface area contributed by atoms with Crippen LogP contribution in [0.25, 0.3) is 11.3 Å². The Morgan fingerprint density at radius 3 is 2.59 bits per heavy atom. The van der Waals surface area contributed by atoms with Crippen LogP contribution in [0.4, 0.5) is 0 Å². The van der Waals surface area contributed by atoms with E-state index in [-0.39, 0.29) is 11.2 Å². The van der Waals surface area contributed by atoms with Gasteiger partial charge in [0.15, 0.2) is 16.7 Å². The largest absolute Gasteiger partial charge is 0.486 e. The van der Waals surface area contributed by atoms with Gasteiger partial charge in [0.25, 0.3) is 0 Å². The molecule has 7 heteroatoms. The number of carbonyl (C=O) groups is 1. The van der Waals surface area contributed by atoms with Crippen molar-refractivity contribution in [3.8, 4) is 22.8 Å². The minimum atomic E-state index is -0.175. The Kier molecular flexibility index (Phi) is 6.31. The molecule has 0 fully saturated rings. The van der Waals surface area contributed by atoms with E-state index < -0.39 is 0 Å². The monoisotopic (exact) mass is 389 g/mol. The molecule has 1 aliphatic heterocycles. The summed E-state index contributed by atoms with van der Waals surface area (Å²) in [4.78, 5) is 19.0. The molecule has 2 heterocycles. The highest BCUT2D eigenvalue weighted by atomic mass is 32.2. The molecule has 0 saturated carbocycles. The number of nitrogens with zero attached hydrogens (tertiary/aromatic N) is 3. The maximum atomic E-state index is 12.6. The van der Waals surface area contributed by atoms with Crippen LogP contribution in [-0.2, 0) is 11.3 Å². The van der Waals surface area contributed by atoms with Crippen LogP contribution in [0.15, 0.2) is 29.6 Å². The van der Waals surface area contributed by atoms with E-state index in [0.29, 0.717) is 13.2 Å². The number of hydrogen-bond donors (Lipinski definition) is 0. The van der Waals surface area contributed by atoms with Crippen LogP contribution in [0.3, 0.4) is 0 Å². The second kappa shape index (κ2) is 8.69. The summed E-state index contributed by atoms with van der Waals surface area (Å²) in [6.07, 6.45) is 1.87. The zero-order chi connectivity index (χ0) is 19.4. The maximum absolute atomic E-state index is 12.6. The van der Waals surface area contributed by atoms with Gasteiger partial charge in [0.1, 0.15) is 13.2 Å². The standard InChI is InChI=1S/C20H27N3O3S/c1-5-22(6-2)19(24)14(4)27-20-21-13-16(23(20)7-3)15-8-9-17-18(12-15)26-11-10-25-17/h8-9,12-14H,5-7,10-11H2,1-4H3.